The van der Waals surface area contributed by atoms with Gasteiger partial charge in [0, 0.05) is 47.7 Å². The highest BCUT2D eigenvalue weighted by atomic mass is 16.5. The molecule has 0 saturated heterocycles. The number of carbonyl (C=O) groups is 4. The van der Waals surface area contributed by atoms with Crippen LogP contribution in [-0.2, 0) is 19.1 Å². The van der Waals surface area contributed by atoms with Crippen LogP contribution in [0.4, 0.5) is 11.4 Å². The van der Waals surface area contributed by atoms with E-state index < -0.39 is 11.9 Å². The van der Waals surface area contributed by atoms with Crippen LogP contribution in [0.15, 0.2) is 61.7 Å². The van der Waals surface area contributed by atoms with Crippen LogP contribution in [0.3, 0.4) is 0 Å². The number of rotatable bonds is 10. The van der Waals surface area contributed by atoms with Gasteiger partial charge in [0.05, 0.1) is 11.1 Å². The number of fused-ring (bicyclic) bond motifs is 2. The molecule has 0 aliphatic heterocycles. The van der Waals surface area contributed by atoms with E-state index in [9.17, 15) is 19.2 Å². The lowest BCUT2D eigenvalue weighted by atomic mass is 9.82. The number of ether oxygens (including phenoxy) is 2. The molecule has 0 spiro atoms. The number of esters is 2. The molecule has 0 bridgehead atoms. The van der Waals surface area contributed by atoms with Gasteiger partial charge in [-0.1, -0.05) is 37.4 Å². The Hall–Kier alpha value is -4.20. The van der Waals surface area contributed by atoms with Crippen molar-refractivity contribution in [3.63, 3.8) is 0 Å². The topological polar surface area (TPSA) is 111 Å². The SMILES string of the molecule is C=CC(=O)OCCNc1ccc(NCCOC(=O)C=C)c2c1C(=O)c1ccccc1C2=O. The first-order valence-corrected chi connectivity index (χ1v) is 9.89. The normalized spacial score (nSPS) is 11.6. The van der Waals surface area contributed by atoms with E-state index in [1.165, 1.54) is 0 Å². The lowest BCUT2D eigenvalue weighted by molar-refractivity contribution is -0.138. The lowest BCUT2D eigenvalue weighted by Gasteiger charge is -2.24. The second kappa shape index (κ2) is 10.2. The van der Waals surface area contributed by atoms with Crippen LogP contribution in [0, 0.1) is 0 Å². The molecule has 0 unspecified atom stereocenters. The first-order chi connectivity index (χ1) is 15.5. The fraction of sp³-hybridized carbons (Fsp3) is 0.167. The summed E-state index contributed by atoms with van der Waals surface area (Å²) < 4.78 is 9.89. The Kier molecular flexibility index (Phi) is 7.17. The predicted octanol–water partition coefficient (Wildman–Crippen LogP) is 2.74. The van der Waals surface area contributed by atoms with E-state index in [-0.39, 0.29) is 49.0 Å². The summed E-state index contributed by atoms with van der Waals surface area (Å²) in [6.07, 6.45) is 2.13. The largest absolute Gasteiger partial charge is 0.461 e. The maximum Gasteiger partial charge on any atom is 0.330 e. The van der Waals surface area contributed by atoms with Crippen LogP contribution in [-0.4, -0.2) is 49.8 Å². The second-order valence-corrected chi connectivity index (χ2v) is 6.71. The number of benzene rings is 2. The molecule has 3 rings (SSSR count). The molecule has 0 amide bonds. The highest BCUT2D eigenvalue weighted by Crippen LogP contribution is 2.36. The lowest BCUT2D eigenvalue weighted by Crippen LogP contribution is -2.25. The van der Waals surface area contributed by atoms with Gasteiger partial charge in [-0.25, -0.2) is 9.59 Å². The second-order valence-electron chi connectivity index (χ2n) is 6.71. The van der Waals surface area contributed by atoms with Gasteiger partial charge in [0.1, 0.15) is 13.2 Å². The van der Waals surface area contributed by atoms with E-state index in [2.05, 4.69) is 23.8 Å². The van der Waals surface area contributed by atoms with Crippen LogP contribution in [0.5, 0.6) is 0 Å². The summed E-state index contributed by atoms with van der Waals surface area (Å²) in [4.78, 5) is 49.0. The van der Waals surface area contributed by atoms with Crippen molar-refractivity contribution in [3.8, 4) is 0 Å². The fourth-order valence-electron chi connectivity index (χ4n) is 3.31. The third-order valence-corrected chi connectivity index (χ3v) is 4.73. The molecule has 2 N–H and O–H groups in total. The highest BCUT2D eigenvalue weighted by molar-refractivity contribution is 6.31. The molecule has 0 radical (unpaired) electrons. The van der Waals surface area contributed by atoms with Crippen LogP contribution in [0.25, 0.3) is 0 Å². The molecule has 164 valence electrons. The molecular formula is C24H22N2O6. The van der Waals surface area contributed by atoms with Crippen LogP contribution < -0.4 is 10.6 Å². The molecule has 2 aromatic rings. The average Bonchev–Trinajstić information content (AvgIpc) is 2.82. The molecule has 0 saturated carbocycles. The van der Waals surface area contributed by atoms with Gasteiger partial charge in [0.25, 0.3) is 0 Å². The van der Waals surface area contributed by atoms with Crippen molar-refractivity contribution < 1.29 is 28.7 Å². The average molecular weight is 434 g/mol. The van der Waals surface area contributed by atoms with E-state index in [1.54, 1.807) is 36.4 Å². The van der Waals surface area contributed by atoms with Crippen molar-refractivity contribution in [2.45, 2.75) is 0 Å². The first kappa shape index (κ1) is 22.5. The minimum Gasteiger partial charge on any atom is -0.461 e. The molecule has 8 heteroatoms. The Labute approximate surface area is 184 Å². The van der Waals surface area contributed by atoms with E-state index in [1.807, 2.05) is 0 Å². The number of anilines is 2. The molecule has 2 aromatic carbocycles. The number of carbonyl (C=O) groups excluding carboxylic acids is 4. The van der Waals surface area contributed by atoms with E-state index in [0.29, 0.717) is 22.5 Å². The molecule has 0 aromatic heterocycles. The van der Waals surface area contributed by atoms with Crippen molar-refractivity contribution in [1.29, 1.82) is 0 Å². The fourth-order valence-corrected chi connectivity index (χ4v) is 3.31. The van der Waals surface area contributed by atoms with Gasteiger partial charge in [0.2, 0.25) is 0 Å². The summed E-state index contributed by atoms with van der Waals surface area (Å²) in [6, 6.07) is 9.97. The Balaban J connectivity index is 1.89. The standard InChI is InChI=1S/C24H22N2O6/c1-3-19(27)31-13-11-25-17-9-10-18(26-12-14-32-20(28)4-2)22-21(17)23(29)15-7-5-6-8-16(15)24(22)30/h3-10,25-26H,1-2,11-14H2. The zero-order valence-electron chi connectivity index (χ0n) is 17.3. The molecule has 32 heavy (non-hydrogen) atoms. The zero-order chi connectivity index (χ0) is 23.1. The maximum atomic E-state index is 13.3. The first-order valence-electron chi connectivity index (χ1n) is 9.89. The van der Waals surface area contributed by atoms with E-state index in [0.717, 1.165) is 12.2 Å². The van der Waals surface area contributed by atoms with Crippen LogP contribution in [0.2, 0.25) is 0 Å². The summed E-state index contributed by atoms with van der Waals surface area (Å²) in [7, 11) is 0. The molecule has 0 atom stereocenters. The Morgan fingerprint density at radius 1 is 0.750 bits per heavy atom. The Bertz CT molecular complexity index is 1020. The van der Waals surface area contributed by atoms with Gasteiger partial charge in [-0.3, -0.25) is 9.59 Å². The van der Waals surface area contributed by atoms with E-state index in [4.69, 9.17) is 9.47 Å². The minimum atomic E-state index is -0.550. The number of hydrogen-bond donors (Lipinski definition) is 2. The number of nitrogens with one attached hydrogen (secondary N) is 2. The Morgan fingerprint density at radius 3 is 1.53 bits per heavy atom. The summed E-state index contributed by atoms with van der Waals surface area (Å²) in [5.74, 6) is -1.68. The quantitative estimate of drug-likeness (QED) is 0.285. The van der Waals surface area contributed by atoms with Crippen molar-refractivity contribution in [2.24, 2.45) is 0 Å². The number of hydrogen-bond acceptors (Lipinski definition) is 8. The molecular weight excluding hydrogens is 412 g/mol. The van der Waals surface area contributed by atoms with Crippen molar-refractivity contribution in [1.82, 2.24) is 0 Å². The number of ketones is 2. The predicted molar refractivity (Wildman–Crippen MR) is 119 cm³/mol. The van der Waals surface area contributed by atoms with Crippen LogP contribution in [0.1, 0.15) is 31.8 Å². The minimum absolute atomic E-state index is 0.0625. The molecule has 1 aliphatic rings. The zero-order valence-corrected chi connectivity index (χ0v) is 17.3. The van der Waals surface area contributed by atoms with Gasteiger partial charge in [-0.05, 0) is 12.1 Å². The monoisotopic (exact) mass is 434 g/mol. The summed E-state index contributed by atoms with van der Waals surface area (Å²) in [5.41, 5.74) is 2.01. The van der Waals surface area contributed by atoms with E-state index >= 15 is 0 Å². The van der Waals surface area contributed by atoms with Gasteiger partial charge < -0.3 is 20.1 Å². The summed E-state index contributed by atoms with van der Waals surface area (Å²) >= 11 is 0. The summed E-state index contributed by atoms with van der Waals surface area (Å²) in [6.45, 7) is 7.26. The molecule has 0 heterocycles. The maximum absolute atomic E-state index is 13.3. The molecule has 1 aliphatic carbocycles. The van der Waals surface area contributed by atoms with Gasteiger partial charge in [0.15, 0.2) is 11.6 Å². The highest BCUT2D eigenvalue weighted by Gasteiger charge is 2.33. The Morgan fingerprint density at radius 2 is 1.16 bits per heavy atom. The third kappa shape index (κ3) is 4.75. The van der Waals surface area contributed by atoms with Crippen molar-refractivity contribution in [3.05, 3.63) is 84.0 Å². The summed E-state index contributed by atoms with van der Waals surface area (Å²) in [5, 5.41) is 6.12. The van der Waals surface area contributed by atoms with Crippen molar-refractivity contribution in [2.75, 3.05) is 36.9 Å². The van der Waals surface area contributed by atoms with Gasteiger partial charge in [-0.15, -0.1) is 0 Å². The van der Waals surface area contributed by atoms with Crippen LogP contribution >= 0.6 is 0 Å². The van der Waals surface area contributed by atoms with Gasteiger partial charge >= 0.3 is 11.9 Å². The third-order valence-electron chi connectivity index (χ3n) is 4.73. The molecule has 8 nitrogen and oxygen atoms in total. The molecule has 0 fully saturated rings. The smallest absolute Gasteiger partial charge is 0.330 e. The van der Waals surface area contributed by atoms with Gasteiger partial charge in [-0.2, -0.15) is 0 Å². The van der Waals surface area contributed by atoms with Crippen molar-refractivity contribution >= 4 is 34.9 Å².